The second-order valence-electron chi connectivity index (χ2n) is 5.66. The third-order valence-electron chi connectivity index (χ3n) is 4.17. The van der Waals surface area contributed by atoms with Crippen LogP contribution in [0.3, 0.4) is 0 Å². The Morgan fingerprint density at radius 1 is 0.857 bits per heavy atom. The molecule has 0 unspecified atom stereocenters. The zero-order valence-electron chi connectivity index (χ0n) is 16.7. The molecule has 0 bridgehead atoms. The van der Waals surface area contributed by atoms with Gasteiger partial charge in [-0.15, -0.1) is 0 Å². The van der Waals surface area contributed by atoms with Crippen molar-refractivity contribution in [3.8, 4) is 17.2 Å². The minimum absolute atomic E-state index is 0.199. The smallest absolute Gasteiger partial charge is 0.336 e. The van der Waals surface area contributed by atoms with Crippen molar-refractivity contribution in [1.82, 2.24) is 5.32 Å². The van der Waals surface area contributed by atoms with E-state index in [2.05, 4.69) is 5.32 Å². The molecule has 0 saturated heterocycles. The first-order chi connectivity index (χ1) is 13.5. The molecular weight excluding hydrogens is 366 g/mol. The lowest BCUT2D eigenvalue weighted by Crippen LogP contribution is -2.27. The van der Waals surface area contributed by atoms with Gasteiger partial charge in [0.2, 0.25) is 5.75 Å². The summed E-state index contributed by atoms with van der Waals surface area (Å²) in [5.41, 5.74) is 1.04. The number of hydrogen-bond donors (Lipinski definition) is 1. The number of benzene rings is 1. The molecule has 0 spiro atoms. The molecule has 1 aromatic rings. The van der Waals surface area contributed by atoms with Crippen LogP contribution in [0.2, 0.25) is 0 Å². The number of rotatable bonds is 8. The number of dihydropyridines is 1. The summed E-state index contributed by atoms with van der Waals surface area (Å²) in [5, 5.41) is 2.83. The molecule has 1 aliphatic heterocycles. The molecule has 0 amide bonds. The Balaban J connectivity index is 2.67. The largest absolute Gasteiger partial charge is 0.493 e. The summed E-state index contributed by atoms with van der Waals surface area (Å²) in [6, 6.07) is 3.40. The van der Waals surface area contributed by atoms with Gasteiger partial charge in [-0.05, 0) is 19.9 Å². The van der Waals surface area contributed by atoms with E-state index >= 15 is 0 Å². The van der Waals surface area contributed by atoms with E-state index in [9.17, 15) is 9.59 Å². The van der Waals surface area contributed by atoms with Crippen molar-refractivity contribution in [3.05, 3.63) is 41.2 Å². The molecule has 1 heterocycles. The molecule has 0 atom stereocenters. The molecule has 8 nitrogen and oxygen atoms in total. The first kappa shape index (κ1) is 21.1. The van der Waals surface area contributed by atoms with Gasteiger partial charge in [0.15, 0.2) is 11.5 Å². The lowest BCUT2D eigenvalue weighted by atomic mass is 9.83. The highest BCUT2D eigenvalue weighted by atomic mass is 16.5. The second kappa shape index (κ2) is 9.68. The lowest BCUT2D eigenvalue weighted by Gasteiger charge is -2.27. The van der Waals surface area contributed by atoms with Crippen LogP contribution in [0.1, 0.15) is 25.3 Å². The molecule has 8 heteroatoms. The van der Waals surface area contributed by atoms with Crippen molar-refractivity contribution in [2.45, 2.75) is 19.8 Å². The molecule has 152 valence electrons. The third-order valence-corrected chi connectivity index (χ3v) is 4.17. The summed E-state index contributed by atoms with van der Waals surface area (Å²) < 4.78 is 26.7. The van der Waals surface area contributed by atoms with Crippen LogP contribution in [0.5, 0.6) is 17.2 Å². The van der Waals surface area contributed by atoms with Crippen LogP contribution in [-0.4, -0.2) is 46.5 Å². The van der Waals surface area contributed by atoms with Gasteiger partial charge in [0.1, 0.15) is 0 Å². The van der Waals surface area contributed by atoms with Crippen molar-refractivity contribution >= 4 is 11.9 Å². The van der Waals surface area contributed by atoms with Crippen LogP contribution in [0, 0.1) is 0 Å². The fourth-order valence-corrected chi connectivity index (χ4v) is 3.02. The number of carbonyl (C=O) groups excluding carboxylic acids is 2. The summed E-state index contributed by atoms with van der Waals surface area (Å²) in [7, 11) is 4.47. The highest BCUT2D eigenvalue weighted by Gasteiger charge is 2.37. The molecule has 2 rings (SSSR count). The summed E-state index contributed by atoms with van der Waals surface area (Å²) in [6.07, 6.45) is 3.00. The van der Waals surface area contributed by atoms with Crippen molar-refractivity contribution in [3.63, 3.8) is 0 Å². The molecule has 0 aliphatic carbocycles. The van der Waals surface area contributed by atoms with Crippen LogP contribution in [-0.2, 0) is 19.1 Å². The first-order valence-electron chi connectivity index (χ1n) is 8.83. The second-order valence-corrected chi connectivity index (χ2v) is 5.66. The van der Waals surface area contributed by atoms with Gasteiger partial charge in [-0.1, -0.05) is 6.07 Å². The fourth-order valence-electron chi connectivity index (χ4n) is 3.02. The predicted molar refractivity (Wildman–Crippen MR) is 101 cm³/mol. The van der Waals surface area contributed by atoms with Crippen molar-refractivity contribution < 1.29 is 33.3 Å². The molecule has 1 aromatic carbocycles. The predicted octanol–water partition coefficient (Wildman–Crippen LogP) is 2.29. The van der Waals surface area contributed by atoms with Gasteiger partial charge in [-0.25, -0.2) is 9.59 Å². The van der Waals surface area contributed by atoms with E-state index in [4.69, 9.17) is 23.7 Å². The zero-order chi connectivity index (χ0) is 20.7. The van der Waals surface area contributed by atoms with E-state index in [1.807, 2.05) is 0 Å². The highest BCUT2D eigenvalue weighted by Crippen LogP contribution is 2.47. The van der Waals surface area contributed by atoms with E-state index < -0.39 is 17.9 Å². The van der Waals surface area contributed by atoms with E-state index in [0.29, 0.717) is 22.8 Å². The molecule has 1 N–H and O–H groups in total. The lowest BCUT2D eigenvalue weighted by molar-refractivity contribution is -0.139. The maximum Gasteiger partial charge on any atom is 0.336 e. The highest BCUT2D eigenvalue weighted by molar-refractivity contribution is 5.99. The Kier molecular flexibility index (Phi) is 7.31. The molecule has 0 fully saturated rings. The quantitative estimate of drug-likeness (QED) is 0.675. The van der Waals surface area contributed by atoms with Crippen LogP contribution in [0.25, 0.3) is 0 Å². The third kappa shape index (κ3) is 4.05. The number of methoxy groups -OCH3 is 3. The number of esters is 2. The Morgan fingerprint density at radius 2 is 1.39 bits per heavy atom. The Labute approximate surface area is 164 Å². The first-order valence-corrected chi connectivity index (χ1v) is 8.83. The Hall–Kier alpha value is -3.16. The zero-order valence-corrected chi connectivity index (χ0v) is 16.7. The van der Waals surface area contributed by atoms with Crippen LogP contribution >= 0.6 is 0 Å². The number of ether oxygens (including phenoxy) is 5. The SMILES string of the molecule is CCOC(=O)C1=CNC=C(C(=O)OCC)C1c1ccc(OC)c(OC)c1OC. The number of carbonyl (C=O) groups is 2. The normalized spacial score (nSPS) is 13.6. The van der Waals surface area contributed by atoms with E-state index in [1.54, 1.807) is 26.0 Å². The molecule has 28 heavy (non-hydrogen) atoms. The van der Waals surface area contributed by atoms with E-state index in [0.717, 1.165) is 0 Å². The average Bonchev–Trinajstić information content (AvgIpc) is 2.72. The average molecular weight is 391 g/mol. The van der Waals surface area contributed by atoms with Crippen molar-refractivity contribution in [1.29, 1.82) is 0 Å². The topological polar surface area (TPSA) is 92.3 Å². The van der Waals surface area contributed by atoms with Gasteiger partial charge in [0, 0.05) is 18.0 Å². The number of hydrogen-bond acceptors (Lipinski definition) is 8. The Morgan fingerprint density at radius 3 is 1.82 bits per heavy atom. The van der Waals surface area contributed by atoms with Gasteiger partial charge in [0.05, 0.1) is 51.6 Å². The standard InChI is InChI=1S/C20H25NO7/c1-6-27-19(22)13-10-21-11-14(20(23)28-7-2)16(13)12-8-9-15(24-3)18(26-5)17(12)25-4/h8-11,16,21H,6-7H2,1-5H3. The monoisotopic (exact) mass is 391 g/mol. The number of nitrogens with one attached hydrogen (secondary N) is 1. The van der Waals surface area contributed by atoms with Gasteiger partial charge in [0.25, 0.3) is 0 Å². The summed E-state index contributed by atoms with van der Waals surface area (Å²) in [5.74, 6) is -0.709. The van der Waals surface area contributed by atoms with E-state index in [1.165, 1.54) is 33.7 Å². The van der Waals surface area contributed by atoms with E-state index in [-0.39, 0.29) is 24.4 Å². The van der Waals surface area contributed by atoms with Crippen LogP contribution < -0.4 is 19.5 Å². The Bertz CT molecular complexity index is 764. The van der Waals surface area contributed by atoms with Crippen molar-refractivity contribution in [2.75, 3.05) is 34.5 Å². The summed E-state index contributed by atoms with van der Waals surface area (Å²) in [6.45, 7) is 3.82. The molecule has 0 aromatic heterocycles. The molecule has 1 aliphatic rings. The maximum absolute atomic E-state index is 12.6. The van der Waals surface area contributed by atoms with Crippen molar-refractivity contribution in [2.24, 2.45) is 0 Å². The molecule has 0 radical (unpaired) electrons. The molecule has 0 saturated carbocycles. The molecular formula is C20H25NO7. The van der Waals surface area contributed by atoms with Gasteiger partial charge >= 0.3 is 11.9 Å². The summed E-state index contributed by atoms with van der Waals surface area (Å²) >= 11 is 0. The minimum atomic E-state index is -0.769. The fraction of sp³-hybridized carbons (Fsp3) is 0.400. The van der Waals surface area contributed by atoms with Crippen LogP contribution in [0.4, 0.5) is 0 Å². The minimum Gasteiger partial charge on any atom is -0.493 e. The van der Waals surface area contributed by atoms with Gasteiger partial charge in [-0.2, -0.15) is 0 Å². The maximum atomic E-state index is 12.6. The van der Waals surface area contributed by atoms with Gasteiger partial charge in [-0.3, -0.25) is 0 Å². The summed E-state index contributed by atoms with van der Waals surface area (Å²) in [4.78, 5) is 25.2. The van der Waals surface area contributed by atoms with Crippen LogP contribution in [0.15, 0.2) is 35.7 Å². The van der Waals surface area contributed by atoms with Gasteiger partial charge < -0.3 is 29.0 Å².